The number of aromatic nitrogens is 1. The quantitative estimate of drug-likeness (QED) is 0.775. The van der Waals surface area contributed by atoms with Gasteiger partial charge in [0.1, 0.15) is 11.6 Å². The number of carbonyl (C=O) groups excluding carboxylic acids is 1. The third kappa shape index (κ3) is 3.83. The van der Waals surface area contributed by atoms with Gasteiger partial charge in [-0.2, -0.15) is 0 Å². The normalized spacial score (nSPS) is 12.4. The fraction of sp³-hybridized carbons (Fsp3) is 0.222. The van der Waals surface area contributed by atoms with Crippen LogP contribution in [-0.4, -0.2) is 24.0 Å². The molecule has 2 aromatic carbocycles. The van der Waals surface area contributed by atoms with E-state index in [0.717, 1.165) is 21.3 Å². The van der Waals surface area contributed by atoms with Crippen molar-refractivity contribution in [1.82, 2.24) is 4.98 Å². The highest BCUT2D eigenvalue weighted by Gasteiger charge is 2.20. The number of likely N-dealkylation sites (N-methyl/N-ethyl adjacent to an activating group) is 1. The van der Waals surface area contributed by atoms with Crippen molar-refractivity contribution < 1.29 is 13.6 Å². The number of amides is 1. The maximum Gasteiger partial charge on any atom is 0.243 e. The number of aryl methyl sites for hydroxylation is 1. The number of hydrogen-bond acceptors (Lipinski definition) is 4. The summed E-state index contributed by atoms with van der Waals surface area (Å²) in [4.78, 5) is 18.4. The molecule has 0 aliphatic rings. The second-order valence-electron chi connectivity index (χ2n) is 5.87. The molecule has 4 nitrogen and oxygen atoms in total. The van der Waals surface area contributed by atoms with Gasteiger partial charge in [-0.25, -0.2) is 13.8 Å². The minimum Gasteiger partial charge on any atom is -0.320 e. The second kappa shape index (κ2) is 6.85. The van der Waals surface area contributed by atoms with Gasteiger partial charge in [0.25, 0.3) is 0 Å². The number of nitrogens with zero attached hydrogens (tertiary/aromatic N) is 2. The van der Waals surface area contributed by atoms with Crippen LogP contribution in [0.5, 0.6) is 0 Å². The zero-order valence-electron chi connectivity index (χ0n) is 13.8. The van der Waals surface area contributed by atoms with Gasteiger partial charge in [-0.05, 0) is 49.2 Å². The van der Waals surface area contributed by atoms with E-state index >= 15 is 0 Å². The third-order valence-corrected chi connectivity index (χ3v) is 4.84. The minimum atomic E-state index is -0.904. The highest BCUT2D eigenvalue weighted by molar-refractivity contribution is 7.18. The number of benzene rings is 2. The molecule has 0 saturated carbocycles. The molecule has 0 saturated heterocycles. The van der Waals surface area contributed by atoms with E-state index in [9.17, 15) is 13.6 Å². The first-order chi connectivity index (χ1) is 11.8. The van der Waals surface area contributed by atoms with E-state index in [-0.39, 0.29) is 12.3 Å². The number of hydrogen-bond donors (Lipinski definition) is 1. The fourth-order valence-electron chi connectivity index (χ4n) is 2.69. The second-order valence-corrected chi connectivity index (χ2v) is 7.11. The molecule has 7 heteroatoms. The molecule has 0 fully saturated rings. The van der Waals surface area contributed by atoms with E-state index in [1.807, 2.05) is 25.1 Å². The van der Waals surface area contributed by atoms with Crippen LogP contribution in [0.2, 0.25) is 0 Å². The van der Waals surface area contributed by atoms with Gasteiger partial charge in [-0.1, -0.05) is 0 Å². The van der Waals surface area contributed by atoms with Crippen LogP contribution in [0.3, 0.4) is 0 Å². The van der Waals surface area contributed by atoms with E-state index in [2.05, 4.69) is 4.98 Å². The van der Waals surface area contributed by atoms with Gasteiger partial charge in [0.15, 0.2) is 0 Å². The number of fused-ring (bicyclic) bond motifs is 1. The van der Waals surface area contributed by atoms with E-state index in [1.54, 1.807) is 18.4 Å². The number of nitrogens with two attached hydrogens (primary N) is 1. The smallest absolute Gasteiger partial charge is 0.243 e. The molecular weight excluding hydrogens is 344 g/mol. The highest BCUT2D eigenvalue weighted by Crippen LogP contribution is 2.26. The molecule has 25 heavy (non-hydrogen) atoms. The van der Waals surface area contributed by atoms with Crippen LogP contribution < -0.4 is 10.6 Å². The highest BCUT2D eigenvalue weighted by atomic mass is 32.1. The van der Waals surface area contributed by atoms with Gasteiger partial charge >= 0.3 is 0 Å². The average molecular weight is 361 g/mol. The van der Waals surface area contributed by atoms with Crippen molar-refractivity contribution >= 4 is 33.1 Å². The first-order valence-electron chi connectivity index (χ1n) is 7.69. The van der Waals surface area contributed by atoms with Crippen LogP contribution in [0.1, 0.15) is 10.6 Å². The Kier molecular flexibility index (Phi) is 4.78. The fourth-order valence-corrected chi connectivity index (χ4v) is 3.49. The summed E-state index contributed by atoms with van der Waals surface area (Å²) in [6.45, 7) is 1.92. The Bertz CT molecular complexity index is 921. The summed E-state index contributed by atoms with van der Waals surface area (Å²) >= 11 is 1.58. The zero-order valence-corrected chi connectivity index (χ0v) is 14.6. The van der Waals surface area contributed by atoms with Crippen molar-refractivity contribution in [1.29, 1.82) is 0 Å². The molecule has 1 amide bonds. The molecule has 1 aromatic heterocycles. The first kappa shape index (κ1) is 17.4. The summed E-state index contributed by atoms with van der Waals surface area (Å²) in [5, 5.41) is 0.950. The van der Waals surface area contributed by atoms with Crippen molar-refractivity contribution in [3.8, 4) is 0 Å². The Morgan fingerprint density at radius 3 is 2.60 bits per heavy atom. The molecule has 0 spiro atoms. The predicted molar refractivity (Wildman–Crippen MR) is 95.8 cm³/mol. The number of carbonyl (C=O) groups is 1. The predicted octanol–water partition coefficient (Wildman–Crippen LogP) is 3.42. The Balaban J connectivity index is 1.77. The summed E-state index contributed by atoms with van der Waals surface area (Å²) < 4.78 is 27.6. The Hall–Kier alpha value is -2.38. The van der Waals surface area contributed by atoms with Crippen molar-refractivity contribution in [2.45, 2.75) is 19.4 Å². The summed E-state index contributed by atoms with van der Waals surface area (Å²) in [6.07, 6.45) is 0.0515. The lowest BCUT2D eigenvalue weighted by Crippen LogP contribution is -2.43. The van der Waals surface area contributed by atoms with Crippen LogP contribution in [-0.2, 0) is 11.2 Å². The van der Waals surface area contributed by atoms with Gasteiger partial charge in [0, 0.05) is 18.8 Å². The van der Waals surface area contributed by atoms with Gasteiger partial charge in [0.2, 0.25) is 5.91 Å². The summed E-state index contributed by atoms with van der Waals surface area (Å²) in [5.41, 5.74) is 7.79. The van der Waals surface area contributed by atoms with Crippen molar-refractivity contribution in [2.75, 3.05) is 11.9 Å². The lowest BCUT2D eigenvalue weighted by molar-refractivity contribution is -0.119. The van der Waals surface area contributed by atoms with Crippen molar-refractivity contribution in [3.63, 3.8) is 0 Å². The zero-order chi connectivity index (χ0) is 18.1. The van der Waals surface area contributed by atoms with Gasteiger partial charge in [-0.3, -0.25) is 4.79 Å². The topological polar surface area (TPSA) is 59.2 Å². The molecule has 0 unspecified atom stereocenters. The SMILES string of the molecule is Cc1nc2cc(N(C)C(=O)[C@@H](N)Cc3cc(F)cc(F)c3)ccc2s1. The van der Waals surface area contributed by atoms with Gasteiger partial charge in [0.05, 0.1) is 21.3 Å². The number of thiazole rings is 1. The van der Waals surface area contributed by atoms with Gasteiger partial charge in [-0.15, -0.1) is 11.3 Å². The van der Waals surface area contributed by atoms with Crippen molar-refractivity contribution in [2.24, 2.45) is 5.73 Å². The van der Waals surface area contributed by atoms with Crippen LogP contribution >= 0.6 is 11.3 Å². The first-order valence-corrected chi connectivity index (χ1v) is 8.50. The lowest BCUT2D eigenvalue weighted by atomic mass is 10.0. The molecular formula is C18H17F2N3OS. The minimum absolute atomic E-state index is 0.0515. The number of anilines is 1. The molecule has 3 rings (SSSR count). The Morgan fingerprint density at radius 1 is 1.24 bits per heavy atom. The van der Waals surface area contributed by atoms with E-state index < -0.39 is 17.7 Å². The molecule has 0 aliphatic carbocycles. The summed E-state index contributed by atoms with van der Waals surface area (Å²) in [6, 6.07) is 7.80. The van der Waals surface area contributed by atoms with E-state index in [1.165, 1.54) is 17.0 Å². The lowest BCUT2D eigenvalue weighted by Gasteiger charge is -2.21. The number of rotatable bonds is 4. The van der Waals surface area contributed by atoms with E-state index in [0.29, 0.717) is 11.3 Å². The van der Waals surface area contributed by atoms with Crippen LogP contribution in [0.4, 0.5) is 14.5 Å². The molecule has 3 aromatic rings. The molecule has 130 valence electrons. The van der Waals surface area contributed by atoms with Crippen LogP contribution in [0, 0.1) is 18.6 Å². The van der Waals surface area contributed by atoms with Crippen LogP contribution in [0.15, 0.2) is 36.4 Å². The Morgan fingerprint density at radius 2 is 1.92 bits per heavy atom. The summed E-state index contributed by atoms with van der Waals surface area (Å²) in [5.74, 6) is -1.71. The largest absolute Gasteiger partial charge is 0.320 e. The average Bonchev–Trinajstić information content (AvgIpc) is 2.91. The van der Waals surface area contributed by atoms with Gasteiger partial charge < -0.3 is 10.6 Å². The number of halogens is 2. The monoisotopic (exact) mass is 361 g/mol. The molecule has 2 N–H and O–H groups in total. The van der Waals surface area contributed by atoms with Crippen molar-refractivity contribution in [3.05, 3.63) is 58.6 Å². The molecule has 0 aliphatic heterocycles. The third-order valence-electron chi connectivity index (χ3n) is 3.89. The maximum atomic E-state index is 13.3. The molecule has 1 atom stereocenters. The molecule has 1 heterocycles. The Labute approximate surface area is 147 Å². The maximum absolute atomic E-state index is 13.3. The van der Waals surface area contributed by atoms with Crippen LogP contribution in [0.25, 0.3) is 10.2 Å². The molecule has 0 bridgehead atoms. The summed E-state index contributed by atoms with van der Waals surface area (Å²) in [7, 11) is 1.62. The van der Waals surface area contributed by atoms with E-state index in [4.69, 9.17) is 5.73 Å². The molecule has 0 radical (unpaired) electrons. The standard InChI is InChI=1S/C18H17F2N3OS/c1-10-22-16-9-14(3-4-17(16)25-10)23(2)18(24)15(21)7-11-5-12(19)8-13(20)6-11/h3-6,8-9,15H,7,21H2,1-2H3/t15-/m0/s1.